The van der Waals surface area contributed by atoms with Gasteiger partial charge in [0, 0.05) is 18.4 Å². The van der Waals surface area contributed by atoms with Crippen molar-refractivity contribution < 1.29 is 0 Å². The second-order valence-corrected chi connectivity index (χ2v) is 5.69. The molecule has 0 saturated heterocycles. The molecule has 0 radical (unpaired) electrons. The van der Waals surface area contributed by atoms with Gasteiger partial charge in [0.05, 0.1) is 6.54 Å². The number of nitrogens with zero attached hydrogens (tertiary/aromatic N) is 1. The van der Waals surface area contributed by atoms with Gasteiger partial charge < -0.3 is 10.3 Å². The van der Waals surface area contributed by atoms with Crippen LogP contribution in [0.2, 0.25) is 0 Å². The fourth-order valence-corrected chi connectivity index (χ4v) is 2.82. The minimum atomic E-state index is 0.707. The lowest BCUT2D eigenvalue weighted by Gasteiger charge is -2.21. The van der Waals surface area contributed by atoms with E-state index in [1.807, 2.05) is 12.4 Å². The lowest BCUT2D eigenvalue weighted by molar-refractivity contribution is 0.348. The quantitative estimate of drug-likeness (QED) is 0.795. The van der Waals surface area contributed by atoms with Crippen molar-refractivity contribution in [3.63, 3.8) is 0 Å². The Morgan fingerprint density at radius 2 is 2.35 bits per heavy atom. The summed E-state index contributed by atoms with van der Waals surface area (Å²) in [5.74, 6) is 2.77. The van der Waals surface area contributed by atoms with Crippen LogP contribution in [-0.4, -0.2) is 16.0 Å². The molecule has 17 heavy (non-hydrogen) atoms. The Bertz CT molecular complexity index is 305. The highest BCUT2D eigenvalue weighted by molar-refractivity contribution is 4.89. The molecule has 2 rings (SSSR count). The smallest absolute Gasteiger partial charge is 0.120 e. The summed E-state index contributed by atoms with van der Waals surface area (Å²) in [6, 6.07) is 0.707. The van der Waals surface area contributed by atoms with Crippen LogP contribution in [0.3, 0.4) is 0 Å². The van der Waals surface area contributed by atoms with E-state index >= 15 is 0 Å². The number of H-pyrrole nitrogens is 1. The highest BCUT2D eigenvalue weighted by atomic mass is 15.0. The average molecular weight is 235 g/mol. The second kappa shape index (κ2) is 6.20. The summed E-state index contributed by atoms with van der Waals surface area (Å²) in [6.45, 7) is 5.52. The number of nitrogens with one attached hydrogen (secondary N) is 2. The maximum absolute atomic E-state index is 4.26. The Kier molecular flexibility index (Phi) is 4.60. The molecular weight excluding hydrogens is 210 g/mol. The maximum Gasteiger partial charge on any atom is 0.120 e. The molecule has 1 aromatic heterocycles. The van der Waals surface area contributed by atoms with Crippen molar-refractivity contribution in [3.05, 3.63) is 18.2 Å². The molecule has 0 amide bonds. The normalized spacial score (nSPS) is 24.6. The Morgan fingerprint density at radius 3 is 3.06 bits per heavy atom. The van der Waals surface area contributed by atoms with E-state index in [4.69, 9.17) is 0 Å². The van der Waals surface area contributed by atoms with Crippen molar-refractivity contribution in [2.45, 2.75) is 58.5 Å². The molecule has 1 aromatic rings. The van der Waals surface area contributed by atoms with Crippen LogP contribution in [0.15, 0.2) is 12.4 Å². The third-order valence-electron chi connectivity index (χ3n) is 3.86. The fourth-order valence-electron chi connectivity index (χ4n) is 2.82. The van der Waals surface area contributed by atoms with Crippen molar-refractivity contribution in [1.82, 2.24) is 15.3 Å². The molecule has 0 aromatic carbocycles. The molecule has 0 aliphatic heterocycles. The topological polar surface area (TPSA) is 40.7 Å². The van der Waals surface area contributed by atoms with Gasteiger partial charge in [0.25, 0.3) is 0 Å². The number of rotatable bonds is 6. The first-order valence-corrected chi connectivity index (χ1v) is 6.97. The van der Waals surface area contributed by atoms with Crippen LogP contribution in [0.5, 0.6) is 0 Å². The molecule has 1 aliphatic rings. The summed E-state index contributed by atoms with van der Waals surface area (Å²) in [5.41, 5.74) is 0. The zero-order chi connectivity index (χ0) is 12.1. The van der Waals surface area contributed by atoms with E-state index in [2.05, 4.69) is 29.1 Å². The van der Waals surface area contributed by atoms with Gasteiger partial charge in [0.2, 0.25) is 0 Å². The van der Waals surface area contributed by atoms with Crippen LogP contribution in [0, 0.1) is 11.8 Å². The van der Waals surface area contributed by atoms with Crippen LogP contribution < -0.4 is 5.32 Å². The van der Waals surface area contributed by atoms with Gasteiger partial charge in [-0.15, -0.1) is 0 Å². The van der Waals surface area contributed by atoms with Crippen LogP contribution in [-0.2, 0) is 6.54 Å². The van der Waals surface area contributed by atoms with Crippen LogP contribution in [0.4, 0.5) is 0 Å². The molecule has 0 bridgehead atoms. The molecule has 2 unspecified atom stereocenters. The van der Waals surface area contributed by atoms with E-state index in [9.17, 15) is 0 Å². The zero-order valence-corrected chi connectivity index (χ0v) is 11.1. The Hall–Kier alpha value is -0.830. The first-order chi connectivity index (χ1) is 8.25. The van der Waals surface area contributed by atoms with E-state index in [0.717, 1.165) is 24.2 Å². The van der Waals surface area contributed by atoms with Crippen LogP contribution in [0.1, 0.15) is 51.8 Å². The standard InChI is InChI=1S/C14H25N3/c1-11(2)6-7-12-4-3-5-13(12)17-10-14-15-8-9-16-14/h8-9,11-13,17H,3-7,10H2,1-2H3,(H,15,16). The molecule has 1 fully saturated rings. The minimum absolute atomic E-state index is 0.707. The third kappa shape index (κ3) is 3.84. The second-order valence-electron chi connectivity index (χ2n) is 5.69. The minimum Gasteiger partial charge on any atom is -0.348 e. The molecule has 1 saturated carbocycles. The summed E-state index contributed by atoms with van der Waals surface area (Å²) >= 11 is 0. The first-order valence-electron chi connectivity index (χ1n) is 6.97. The number of aromatic amines is 1. The van der Waals surface area contributed by atoms with Crippen LogP contribution >= 0.6 is 0 Å². The van der Waals surface area contributed by atoms with E-state index < -0.39 is 0 Å². The molecular formula is C14H25N3. The van der Waals surface area contributed by atoms with Gasteiger partial charge in [0.1, 0.15) is 5.82 Å². The summed E-state index contributed by atoms with van der Waals surface area (Å²) in [5, 5.41) is 3.66. The van der Waals surface area contributed by atoms with Crippen molar-refractivity contribution in [3.8, 4) is 0 Å². The average Bonchev–Trinajstić information content (AvgIpc) is 2.95. The molecule has 96 valence electrons. The summed E-state index contributed by atoms with van der Waals surface area (Å²) < 4.78 is 0. The molecule has 2 atom stereocenters. The summed E-state index contributed by atoms with van der Waals surface area (Å²) in [6.07, 6.45) is 10.6. The molecule has 1 heterocycles. The molecule has 3 nitrogen and oxygen atoms in total. The van der Waals surface area contributed by atoms with Crippen molar-refractivity contribution in [2.24, 2.45) is 11.8 Å². The predicted molar refractivity (Wildman–Crippen MR) is 70.6 cm³/mol. The van der Waals surface area contributed by atoms with Gasteiger partial charge in [-0.2, -0.15) is 0 Å². The Morgan fingerprint density at radius 1 is 1.47 bits per heavy atom. The number of imidazole rings is 1. The van der Waals surface area contributed by atoms with Crippen LogP contribution in [0.25, 0.3) is 0 Å². The summed E-state index contributed by atoms with van der Waals surface area (Å²) in [7, 11) is 0. The Balaban J connectivity index is 1.75. The van der Waals surface area contributed by atoms with Gasteiger partial charge in [-0.05, 0) is 31.1 Å². The lowest BCUT2D eigenvalue weighted by Crippen LogP contribution is -2.32. The Labute approximate surface area is 104 Å². The van der Waals surface area contributed by atoms with E-state index in [1.54, 1.807) is 0 Å². The number of aromatic nitrogens is 2. The van der Waals surface area contributed by atoms with Crippen molar-refractivity contribution in [1.29, 1.82) is 0 Å². The third-order valence-corrected chi connectivity index (χ3v) is 3.86. The molecule has 2 N–H and O–H groups in total. The monoisotopic (exact) mass is 235 g/mol. The molecule has 0 spiro atoms. The van der Waals surface area contributed by atoms with Gasteiger partial charge in [-0.25, -0.2) is 4.98 Å². The predicted octanol–water partition coefficient (Wildman–Crippen LogP) is 3.10. The van der Waals surface area contributed by atoms with Gasteiger partial charge in [-0.1, -0.05) is 26.7 Å². The molecule has 3 heteroatoms. The van der Waals surface area contributed by atoms with Gasteiger partial charge in [0.15, 0.2) is 0 Å². The lowest BCUT2D eigenvalue weighted by atomic mass is 9.94. The number of hydrogen-bond donors (Lipinski definition) is 2. The SMILES string of the molecule is CC(C)CCC1CCCC1NCc1ncc[nH]1. The first kappa shape index (κ1) is 12.6. The van der Waals surface area contributed by atoms with E-state index in [1.165, 1.54) is 32.1 Å². The van der Waals surface area contributed by atoms with E-state index in [0.29, 0.717) is 6.04 Å². The number of hydrogen-bond acceptors (Lipinski definition) is 2. The summed E-state index contributed by atoms with van der Waals surface area (Å²) in [4.78, 5) is 7.41. The van der Waals surface area contributed by atoms with Crippen molar-refractivity contribution >= 4 is 0 Å². The molecule has 1 aliphatic carbocycles. The van der Waals surface area contributed by atoms with Crippen molar-refractivity contribution in [2.75, 3.05) is 0 Å². The fraction of sp³-hybridized carbons (Fsp3) is 0.786. The van der Waals surface area contributed by atoms with E-state index in [-0.39, 0.29) is 0 Å². The highest BCUT2D eigenvalue weighted by Crippen LogP contribution is 2.30. The van der Waals surface area contributed by atoms with Gasteiger partial charge >= 0.3 is 0 Å². The highest BCUT2D eigenvalue weighted by Gasteiger charge is 2.26. The largest absolute Gasteiger partial charge is 0.348 e. The maximum atomic E-state index is 4.26. The zero-order valence-electron chi connectivity index (χ0n) is 11.1. The van der Waals surface area contributed by atoms with Gasteiger partial charge in [-0.3, -0.25) is 0 Å².